The van der Waals surface area contributed by atoms with E-state index in [1.54, 1.807) is 0 Å². The Bertz CT molecular complexity index is 280. The van der Waals surface area contributed by atoms with Gasteiger partial charge in [-0.1, -0.05) is 30.9 Å². The summed E-state index contributed by atoms with van der Waals surface area (Å²) in [4.78, 5) is 23.5. The fourth-order valence-corrected chi connectivity index (χ4v) is 2.75. The SMILES string of the molecule is CCCN1C(=O)C(CC(=O)O)SC1=S. The summed E-state index contributed by atoms with van der Waals surface area (Å²) >= 11 is 6.17. The second-order valence-electron chi connectivity index (χ2n) is 2.96. The number of carboxylic acid groups (broad SMARTS) is 1. The van der Waals surface area contributed by atoms with Crippen molar-refractivity contribution in [3.63, 3.8) is 0 Å². The molecule has 4 nitrogen and oxygen atoms in total. The number of carbonyl (C=O) groups is 2. The summed E-state index contributed by atoms with van der Waals surface area (Å²) in [7, 11) is 0. The molecule has 1 fully saturated rings. The molecule has 14 heavy (non-hydrogen) atoms. The number of thioether (sulfide) groups is 1. The predicted molar refractivity (Wildman–Crippen MR) is 58.2 cm³/mol. The topological polar surface area (TPSA) is 57.6 Å². The molecule has 6 heteroatoms. The van der Waals surface area contributed by atoms with E-state index >= 15 is 0 Å². The van der Waals surface area contributed by atoms with Crippen LogP contribution >= 0.6 is 24.0 Å². The predicted octanol–water partition coefficient (Wildman–Crippen LogP) is 1.10. The number of amides is 1. The molecule has 1 N–H and O–H groups in total. The molecule has 1 unspecified atom stereocenters. The first-order valence-electron chi connectivity index (χ1n) is 4.30. The fourth-order valence-electron chi connectivity index (χ4n) is 1.21. The first-order valence-corrected chi connectivity index (χ1v) is 5.58. The molecule has 0 aromatic heterocycles. The van der Waals surface area contributed by atoms with E-state index in [0.29, 0.717) is 10.9 Å². The Hall–Kier alpha value is -0.620. The van der Waals surface area contributed by atoms with Crippen molar-refractivity contribution in [2.24, 2.45) is 0 Å². The van der Waals surface area contributed by atoms with E-state index in [1.165, 1.54) is 16.7 Å². The number of rotatable bonds is 4. The van der Waals surface area contributed by atoms with Gasteiger partial charge in [-0.05, 0) is 6.42 Å². The summed E-state index contributed by atoms with van der Waals surface area (Å²) < 4.78 is 0.503. The number of hydrogen-bond acceptors (Lipinski definition) is 4. The lowest BCUT2D eigenvalue weighted by Gasteiger charge is -2.13. The van der Waals surface area contributed by atoms with Gasteiger partial charge in [0.15, 0.2) is 0 Å². The van der Waals surface area contributed by atoms with Crippen molar-refractivity contribution in [1.82, 2.24) is 4.90 Å². The van der Waals surface area contributed by atoms with Crippen LogP contribution in [0.1, 0.15) is 19.8 Å². The van der Waals surface area contributed by atoms with Gasteiger partial charge in [-0.3, -0.25) is 14.5 Å². The van der Waals surface area contributed by atoms with Crippen LogP contribution in [-0.4, -0.2) is 38.0 Å². The lowest BCUT2D eigenvalue weighted by atomic mass is 10.2. The number of aliphatic carboxylic acids is 1. The van der Waals surface area contributed by atoms with E-state index in [9.17, 15) is 9.59 Å². The van der Waals surface area contributed by atoms with E-state index in [-0.39, 0.29) is 12.3 Å². The van der Waals surface area contributed by atoms with Crippen molar-refractivity contribution in [2.75, 3.05) is 6.54 Å². The largest absolute Gasteiger partial charge is 0.481 e. The first kappa shape index (κ1) is 11.5. The molecule has 0 aliphatic carbocycles. The van der Waals surface area contributed by atoms with Gasteiger partial charge in [0.25, 0.3) is 0 Å². The van der Waals surface area contributed by atoms with E-state index in [1.807, 2.05) is 6.92 Å². The molecular formula is C8H11NO3S2. The van der Waals surface area contributed by atoms with Gasteiger partial charge in [0.05, 0.1) is 6.42 Å². The van der Waals surface area contributed by atoms with Gasteiger partial charge in [-0.15, -0.1) is 0 Å². The standard InChI is InChI=1S/C8H11NO3S2/c1-2-3-9-7(12)5(4-6(10)11)14-8(9)13/h5H,2-4H2,1H3,(H,10,11). The summed E-state index contributed by atoms with van der Waals surface area (Å²) in [6.45, 7) is 2.53. The molecule has 0 aromatic carbocycles. The molecule has 1 rings (SSSR count). The van der Waals surface area contributed by atoms with E-state index in [4.69, 9.17) is 17.3 Å². The maximum Gasteiger partial charge on any atom is 0.305 e. The molecule has 0 spiro atoms. The zero-order valence-electron chi connectivity index (χ0n) is 7.73. The van der Waals surface area contributed by atoms with Crippen molar-refractivity contribution in [3.05, 3.63) is 0 Å². The van der Waals surface area contributed by atoms with Crippen LogP contribution in [0, 0.1) is 0 Å². The zero-order valence-corrected chi connectivity index (χ0v) is 9.36. The minimum absolute atomic E-state index is 0.149. The Labute approximate surface area is 91.6 Å². The van der Waals surface area contributed by atoms with Crippen molar-refractivity contribution in [1.29, 1.82) is 0 Å². The first-order chi connectivity index (χ1) is 6.56. The molecule has 0 saturated carbocycles. The summed E-state index contributed by atoms with van der Waals surface area (Å²) in [5, 5.41) is 8.05. The van der Waals surface area contributed by atoms with Crippen molar-refractivity contribution >= 4 is 40.2 Å². The average Bonchev–Trinajstić information content (AvgIpc) is 2.32. The highest BCUT2D eigenvalue weighted by atomic mass is 32.2. The zero-order chi connectivity index (χ0) is 10.7. The molecule has 0 radical (unpaired) electrons. The number of carbonyl (C=O) groups excluding carboxylic acids is 1. The monoisotopic (exact) mass is 233 g/mol. The number of nitrogens with zero attached hydrogens (tertiary/aromatic N) is 1. The van der Waals surface area contributed by atoms with E-state index < -0.39 is 11.2 Å². The fraction of sp³-hybridized carbons (Fsp3) is 0.625. The van der Waals surface area contributed by atoms with Crippen LogP contribution in [0.15, 0.2) is 0 Å². The molecule has 0 aromatic rings. The molecule has 1 atom stereocenters. The summed E-state index contributed by atoms with van der Waals surface area (Å²) in [5.74, 6) is -1.12. The molecule has 1 aliphatic heterocycles. The summed E-state index contributed by atoms with van der Waals surface area (Å²) in [5.41, 5.74) is 0. The Morgan fingerprint density at radius 2 is 2.36 bits per heavy atom. The second kappa shape index (κ2) is 4.75. The van der Waals surface area contributed by atoms with Gasteiger partial charge in [-0.25, -0.2) is 0 Å². The maximum atomic E-state index is 11.6. The van der Waals surface area contributed by atoms with Crippen LogP contribution in [0.4, 0.5) is 0 Å². The van der Waals surface area contributed by atoms with Crippen LogP contribution in [0.25, 0.3) is 0 Å². The van der Waals surface area contributed by atoms with E-state index in [0.717, 1.165) is 6.42 Å². The Balaban J connectivity index is 2.64. The van der Waals surface area contributed by atoms with Crippen LogP contribution in [0.3, 0.4) is 0 Å². The van der Waals surface area contributed by atoms with Crippen molar-refractivity contribution < 1.29 is 14.7 Å². The molecule has 1 heterocycles. The van der Waals surface area contributed by atoms with Gasteiger partial charge in [0.1, 0.15) is 9.57 Å². The maximum absolute atomic E-state index is 11.6. The number of carboxylic acids is 1. The van der Waals surface area contributed by atoms with Gasteiger partial charge in [0.2, 0.25) is 5.91 Å². The van der Waals surface area contributed by atoms with Crippen molar-refractivity contribution in [3.8, 4) is 0 Å². The molecule has 1 aliphatic rings. The van der Waals surface area contributed by atoms with Gasteiger partial charge >= 0.3 is 5.97 Å². The molecule has 1 saturated heterocycles. The van der Waals surface area contributed by atoms with Crippen LogP contribution in [0.2, 0.25) is 0 Å². The highest BCUT2D eigenvalue weighted by Gasteiger charge is 2.37. The lowest BCUT2D eigenvalue weighted by molar-refractivity contribution is -0.139. The highest BCUT2D eigenvalue weighted by Crippen LogP contribution is 2.29. The highest BCUT2D eigenvalue weighted by molar-refractivity contribution is 8.24. The minimum atomic E-state index is -0.961. The third-order valence-corrected chi connectivity index (χ3v) is 3.40. The average molecular weight is 233 g/mol. The number of thiocarbonyl (C=S) groups is 1. The normalized spacial score (nSPS) is 21.8. The Kier molecular flexibility index (Phi) is 3.88. The summed E-state index contributed by atoms with van der Waals surface area (Å²) in [6, 6.07) is 0. The quantitative estimate of drug-likeness (QED) is 0.737. The number of hydrogen-bond donors (Lipinski definition) is 1. The minimum Gasteiger partial charge on any atom is -0.481 e. The van der Waals surface area contributed by atoms with Crippen LogP contribution in [-0.2, 0) is 9.59 Å². The van der Waals surface area contributed by atoms with Gasteiger partial charge in [0, 0.05) is 6.54 Å². The Morgan fingerprint density at radius 1 is 1.71 bits per heavy atom. The van der Waals surface area contributed by atoms with E-state index in [2.05, 4.69) is 0 Å². The molecule has 0 bridgehead atoms. The smallest absolute Gasteiger partial charge is 0.305 e. The third-order valence-electron chi connectivity index (χ3n) is 1.81. The lowest BCUT2D eigenvalue weighted by Crippen LogP contribution is -2.32. The van der Waals surface area contributed by atoms with Crippen molar-refractivity contribution in [2.45, 2.75) is 25.0 Å². The molecular weight excluding hydrogens is 222 g/mol. The summed E-state index contributed by atoms with van der Waals surface area (Å²) in [6.07, 6.45) is 0.677. The third kappa shape index (κ3) is 2.45. The van der Waals surface area contributed by atoms with Gasteiger partial charge in [-0.2, -0.15) is 0 Å². The van der Waals surface area contributed by atoms with Gasteiger partial charge < -0.3 is 5.11 Å². The second-order valence-corrected chi connectivity index (χ2v) is 4.80. The molecule has 78 valence electrons. The van der Waals surface area contributed by atoms with Crippen LogP contribution in [0.5, 0.6) is 0 Å². The molecule has 1 amide bonds. The Morgan fingerprint density at radius 3 is 2.86 bits per heavy atom. The van der Waals surface area contributed by atoms with Crippen LogP contribution < -0.4 is 0 Å².